The Hall–Kier alpha value is -2.88. The summed E-state index contributed by atoms with van der Waals surface area (Å²) in [5, 5.41) is 10.6. The lowest BCUT2D eigenvalue weighted by Gasteiger charge is -2.41. The number of hydrogen-bond acceptors (Lipinski definition) is 5. The zero-order valence-corrected chi connectivity index (χ0v) is 29.7. The van der Waals surface area contributed by atoms with E-state index in [4.69, 9.17) is 0 Å². The van der Waals surface area contributed by atoms with Gasteiger partial charge in [-0.05, 0) is 49.3 Å². The van der Waals surface area contributed by atoms with Gasteiger partial charge >= 0.3 is 0 Å². The van der Waals surface area contributed by atoms with Crippen molar-refractivity contribution in [2.45, 2.75) is 74.0 Å². The molecule has 3 heterocycles. The first-order valence-electron chi connectivity index (χ1n) is 16.2. The molecule has 2 aromatic carbocycles. The van der Waals surface area contributed by atoms with Gasteiger partial charge in [0.15, 0.2) is 0 Å². The van der Waals surface area contributed by atoms with E-state index in [1.165, 1.54) is 0 Å². The lowest BCUT2D eigenvalue weighted by Crippen LogP contribution is -2.58. The number of carbonyl (C=O) groups excluding carboxylic acids is 3. The van der Waals surface area contributed by atoms with Crippen LogP contribution in [0.25, 0.3) is 0 Å². The van der Waals surface area contributed by atoms with Crippen molar-refractivity contribution in [1.82, 2.24) is 9.80 Å². The van der Waals surface area contributed by atoms with Gasteiger partial charge < -0.3 is 19.8 Å². The third kappa shape index (κ3) is 5.99. The minimum absolute atomic E-state index is 0.0567. The summed E-state index contributed by atoms with van der Waals surface area (Å²) < 4.78 is -0.833. The largest absolute Gasteiger partial charge is 0.394 e. The summed E-state index contributed by atoms with van der Waals surface area (Å²) in [6, 6.07) is 14.4. The van der Waals surface area contributed by atoms with Crippen molar-refractivity contribution in [2.24, 2.45) is 17.8 Å². The van der Waals surface area contributed by atoms with Gasteiger partial charge in [-0.3, -0.25) is 14.4 Å². The Labute approximate surface area is 286 Å². The lowest BCUT2D eigenvalue weighted by molar-refractivity contribution is -0.145. The summed E-state index contributed by atoms with van der Waals surface area (Å²) in [6.45, 7) is 16.7. The molecule has 3 amide bonds. The smallest absolute Gasteiger partial charge is 0.251 e. The van der Waals surface area contributed by atoms with E-state index in [0.717, 1.165) is 22.4 Å². The number of amides is 3. The minimum atomic E-state index is -0.852. The van der Waals surface area contributed by atoms with E-state index in [-0.39, 0.29) is 46.9 Å². The predicted molar refractivity (Wildman–Crippen MR) is 190 cm³/mol. The molecule has 9 heteroatoms. The second-order valence-corrected chi connectivity index (χ2v) is 16.1. The number of thioether (sulfide) groups is 1. The van der Waals surface area contributed by atoms with Gasteiger partial charge in [0, 0.05) is 35.4 Å². The highest BCUT2D eigenvalue weighted by Gasteiger charge is 2.76. The number of anilines is 1. The number of benzene rings is 2. The van der Waals surface area contributed by atoms with Crippen LogP contribution in [0.5, 0.6) is 0 Å². The summed E-state index contributed by atoms with van der Waals surface area (Å²) in [7, 11) is 0. The average Bonchev–Trinajstić information content (AvgIpc) is 3.62. The van der Waals surface area contributed by atoms with Gasteiger partial charge in [-0.1, -0.05) is 90.5 Å². The van der Waals surface area contributed by atoms with Crippen molar-refractivity contribution in [3.8, 4) is 0 Å². The molecule has 3 unspecified atom stereocenters. The van der Waals surface area contributed by atoms with Crippen molar-refractivity contribution in [2.75, 3.05) is 24.6 Å². The van der Waals surface area contributed by atoms with Gasteiger partial charge in [-0.15, -0.1) is 24.9 Å². The van der Waals surface area contributed by atoms with Crippen LogP contribution in [0.1, 0.15) is 43.4 Å². The molecule has 3 saturated heterocycles. The number of aliphatic hydroxyl groups is 1. The van der Waals surface area contributed by atoms with Crippen molar-refractivity contribution < 1.29 is 19.5 Å². The number of alkyl halides is 1. The summed E-state index contributed by atoms with van der Waals surface area (Å²) in [6.07, 6.45) is 4.55. The zero-order valence-electron chi connectivity index (χ0n) is 27.3. The monoisotopic (exact) mass is 707 g/mol. The van der Waals surface area contributed by atoms with Gasteiger partial charge in [-0.2, -0.15) is 0 Å². The minimum Gasteiger partial charge on any atom is -0.394 e. The highest BCUT2D eigenvalue weighted by molar-refractivity contribution is 9.09. The number of halogens is 1. The van der Waals surface area contributed by atoms with Crippen LogP contribution in [-0.4, -0.2) is 79.2 Å². The number of rotatable bonds is 13. The number of hydrogen-bond donors (Lipinski definition) is 1. The van der Waals surface area contributed by atoms with Crippen molar-refractivity contribution >= 4 is 51.1 Å². The fraction of sp³-hybridized carbons (Fsp3) is 0.486. The van der Waals surface area contributed by atoms with Crippen LogP contribution in [0.2, 0.25) is 0 Å². The number of aryl methyl sites for hydroxylation is 2. The summed E-state index contributed by atoms with van der Waals surface area (Å²) in [4.78, 5) is 49.8. The van der Waals surface area contributed by atoms with Gasteiger partial charge in [0.2, 0.25) is 11.8 Å². The Morgan fingerprint density at radius 2 is 1.72 bits per heavy atom. The van der Waals surface area contributed by atoms with Crippen LogP contribution in [0, 0.1) is 31.6 Å². The second-order valence-electron chi connectivity index (χ2n) is 13.3. The summed E-state index contributed by atoms with van der Waals surface area (Å²) >= 11 is 5.53. The van der Waals surface area contributed by atoms with Gasteiger partial charge in [-0.25, -0.2) is 0 Å². The maximum Gasteiger partial charge on any atom is 0.251 e. The molecule has 0 aromatic heterocycles. The molecule has 2 aromatic rings. The quantitative estimate of drug-likeness (QED) is 0.207. The molecular weight excluding hydrogens is 662 g/mol. The third-order valence-corrected chi connectivity index (χ3v) is 13.0. The summed E-state index contributed by atoms with van der Waals surface area (Å²) in [5.41, 5.74) is 3.72. The Bertz CT molecular complexity index is 1460. The van der Waals surface area contributed by atoms with Gasteiger partial charge in [0.25, 0.3) is 5.91 Å². The fourth-order valence-corrected chi connectivity index (χ4v) is 11.6. The molecule has 3 aliphatic rings. The van der Waals surface area contributed by atoms with E-state index >= 15 is 4.79 Å². The Kier molecular flexibility index (Phi) is 10.5. The molecule has 2 bridgehead atoms. The highest BCUT2D eigenvalue weighted by atomic mass is 79.9. The predicted octanol–water partition coefficient (Wildman–Crippen LogP) is 5.91. The molecule has 0 saturated carbocycles. The molecule has 246 valence electrons. The number of nitrogens with zero attached hydrogens (tertiary/aromatic N) is 3. The van der Waals surface area contributed by atoms with Crippen LogP contribution < -0.4 is 4.90 Å². The van der Waals surface area contributed by atoms with E-state index in [2.05, 4.69) is 42.9 Å². The van der Waals surface area contributed by atoms with Crippen LogP contribution in [-0.2, 0) is 20.9 Å². The molecule has 46 heavy (non-hydrogen) atoms. The molecule has 3 fully saturated rings. The molecule has 3 aliphatic heterocycles. The Morgan fingerprint density at radius 1 is 1.07 bits per heavy atom. The average molecular weight is 709 g/mol. The molecule has 1 N–H and O–H groups in total. The standard InChI is InChI=1S/C37H46BrN3O4S/c1-7-17-39(21-26-15-10-9-11-16-26)34(43)29-30-35(44)41(27(22-42)19-23(3)4)33(37(30)20-28(38)32(29)46-37)36(45)40(18-8-2)31-24(5)13-12-14-25(31)6/h7-16,23,27-30,32-33,42H,1-2,17-22H2,3-6H3/t27-,28?,29+,30+,32+,33?,37?/m1/s1. The van der Waals surface area contributed by atoms with Crippen molar-refractivity contribution in [3.63, 3.8) is 0 Å². The first kappa shape index (κ1) is 34.5. The lowest BCUT2D eigenvalue weighted by atomic mass is 9.70. The van der Waals surface area contributed by atoms with Crippen LogP contribution in [0.3, 0.4) is 0 Å². The van der Waals surface area contributed by atoms with Crippen LogP contribution in [0.4, 0.5) is 5.69 Å². The SMILES string of the molecule is C=CCN(Cc1ccccc1)C(=O)[C@H]1[C@H]2C(=O)N([C@@H](CO)CC(C)C)C(C(=O)N(CC=C)c3c(C)cccc3C)C23CC(Br)[C@@H]1S3. The number of likely N-dealkylation sites (tertiary alicyclic amines) is 1. The molecule has 0 aliphatic carbocycles. The first-order chi connectivity index (χ1) is 22.0. The molecule has 7 atom stereocenters. The molecule has 5 rings (SSSR count). The highest BCUT2D eigenvalue weighted by Crippen LogP contribution is 2.68. The van der Waals surface area contributed by atoms with Gasteiger partial charge in [0.05, 0.1) is 29.2 Å². The first-order valence-corrected chi connectivity index (χ1v) is 18.0. The van der Waals surface area contributed by atoms with E-state index in [1.54, 1.807) is 38.6 Å². The third-order valence-electron chi connectivity index (χ3n) is 9.76. The number of aliphatic hydroxyl groups excluding tert-OH is 1. The number of para-hydroxylation sites is 1. The number of carbonyl (C=O) groups is 3. The second kappa shape index (κ2) is 14.1. The van der Waals surface area contributed by atoms with E-state index in [9.17, 15) is 14.7 Å². The molecule has 1 spiro atoms. The Balaban J connectivity index is 1.62. The van der Waals surface area contributed by atoms with Crippen LogP contribution in [0.15, 0.2) is 73.8 Å². The molecule has 7 nitrogen and oxygen atoms in total. The molecular formula is C37H46BrN3O4S. The van der Waals surface area contributed by atoms with Crippen molar-refractivity contribution in [3.05, 3.63) is 90.5 Å². The Morgan fingerprint density at radius 3 is 2.30 bits per heavy atom. The number of fused-ring (bicyclic) bond motifs is 1. The summed E-state index contributed by atoms with van der Waals surface area (Å²) in [5.74, 6) is -1.62. The maximum atomic E-state index is 15.2. The van der Waals surface area contributed by atoms with E-state index in [1.807, 2.05) is 62.4 Å². The maximum absolute atomic E-state index is 15.2. The van der Waals surface area contributed by atoms with E-state index in [0.29, 0.717) is 25.9 Å². The zero-order chi connectivity index (χ0) is 33.3. The molecule has 0 radical (unpaired) electrons. The fourth-order valence-electron chi connectivity index (χ4n) is 8.04. The normalized spacial score (nSPS) is 27.1. The topological polar surface area (TPSA) is 81.2 Å². The van der Waals surface area contributed by atoms with Crippen LogP contribution >= 0.6 is 27.7 Å². The van der Waals surface area contributed by atoms with Crippen molar-refractivity contribution in [1.29, 1.82) is 0 Å². The van der Waals surface area contributed by atoms with Gasteiger partial charge in [0.1, 0.15) is 6.04 Å². The van der Waals surface area contributed by atoms with E-state index < -0.39 is 28.7 Å².